The van der Waals surface area contributed by atoms with E-state index >= 15 is 0 Å². The normalized spacial score (nSPS) is 21.8. The number of rotatable bonds is 7. The number of carbonyl (C=O) groups is 2. The van der Waals surface area contributed by atoms with Gasteiger partial charge in [-0.05, 0) is 32.7 Å². The molecule has 0 aromatic carbocycles. The lowest BCUT2D eigenvalue weighted by Crippen LogP contribution is -2.40. The van der Waals surface area contributed by atoms with Crippen LogP contribution >= 0.6 is 0 Å². The van der Waals surface area contributed by atoms with Crippen LogP contribution in [0.2, 0.25) is 0 Å². The molecule has 0 aromatic heterocycles. The van der Waals surface area contributed by atoms with E-state index in [1.165, 1.54) is 25.7 Å². The summed E-state index contributed by atoms with van der Waals surface area (Å²) < 4.78 is 0. The summed E-state index contributed by atoms with van der Waals surface area (Å²) in [5.41, 5.74) is -0.804. The second kappa shape index (κ2) is 7.25. The number of hydrogen-bond acceptors (Lipinski definition) is 3. The summed E-state index contributed by atoms with van der Waals surface area (Å²) >= 11 is 0. The average Bonchev–Trinajstić information content (AvgIpc) is 3.10. The number of aliphatic carboxylic acids is 1. The van der Waals surface area contributed by atoms with Crippen LogP contribution in [0.4, 0.5) is 0 Å². The highest BCUT2D eigenvalue weighted by atomic mass is 16.4. The summed E-state index contributed by atoms with van der Waals surface area (Å²) in [6.07, 6.45) is 8.38. The minimum atomic E-state index is -0.807. The molecule has 0 saturated heterocycles. The number of hydrogen-bond donors (Lipinski definition) is 2. The van der Waals surface area contributed by atoms with Gasteiger partial charge < -0.3 is 15.3 Å². The Balaban J connectivity index is 1.70. The van der Waals surface area contributed by atoms with E-state index in [0.717, 1.165) is 19.4 Å². The lowest BCUT2D eigenvalue weighted by atomic mass is 9.82. The molecule has 2 fully saturated rings. The van der Waals surface area contributed by atoms with Crippen molar-refractivity contribution in [2.75, 3.05) is 20.1 Å². The first kappa shape index (κ1) is 16.3. The van der Waals surface area contributed by atoms with Crippen molar-refractivity contribution in [3.63, 3.8) is 0 Å². The van der Waals surface area contributed by atoms with Gasteiger partial charge in [0.2, 0.25) is 5.91 Å². The second-order valence-electron chi connectivity index (χ2n) is 6.74. The molecule has 0 aliphatic heterocycles. The molecule has 21 heavy (non-hydrogen) atoms. The molecule has 2 N–H and O–H groups in total. The maximum atomic E-state index is 12.0. The van der Waals surface area contributed by atoms with E-state index in [1.807, 2.05) is 0 Å². The fourth-order valence-corrected chi connectivity index (χ4v) is 3.79. The van der Waals surface area contributed by atoms with Crippen molar-refractivity contribution in [3.05, 3.63) is 0 Å². The lowest BCUT2D eigenvalue weighted by molar-refractivity contribution is -0.151. The van der Waals surface area contributed by atoms with Crippen LogP contribution in [0, 0.1) is 5.41 Å². The first-order valence-electron chi connectivity index (χ1n) is 8.24. The van der Waals surface area contributed by atoms with Crippen LogP contribution in [-0.2, 0) is 9.59 Å². The van der Waals surface area contributed by atoms with Gasteiger partial charge in [-0.3, -0.25) is 9.59 Å². The molecule has 2 saturated carbocycles. The van der Waals surface area contributed by atoms with Gasteiger partial charge in [-0.25, -0.2) is 0 Å². The maximum absolute atomic E-state index is 12.0. The summed E-state index contributed by atoms with van der Waals surface area (Å²) in [4.78, 5) is 25.8. The highest BCUT2D eigenvalue weighted by molar-refractivity contribution is 5.85. The van der Waals surface area contributed by atoms with E-state index in [4.69, 9.17) is 0 Å². The Bertz CT molecular complexity index is 372. The van der Waals surface area contributed by atoms with Crippen LogP contribution in [-0.4, -0.2) is 48.1 Å². The van der Waals surface area contributed by atoms with Crippen LogP contribution in [0.5, 0.6) is 0 Å². The molecule has 0 heterocycles. The topological polar surface area (TPSA) is 69.6 Å². The van der Waals surface area contributed by atoms with Gasteiger partial charge in [-0.1, -0.05) is 25.7 Å². The van der Waals surface area contributed by atoms with Crippen molar-refractivity contribution in [1.29, 1.82) is 0 Å². The van der Waals surface area contributed by atoms with Crippen molar-refractivity contribution in [1.82, 2.24) is 10.2 Å². The molecule has 120 valence electrons. The van der Waals surface area contributed by atoms with Crippen LogP contribution in [0.1, 0.15) is 57.8 Å². The van der Waals surface area contributed by atoms with Crippen LogP contribution in [0.3, 0.4) is 0 Å². The van der Waals surface area contributed by atoms with Crippen LogP contribution in [0.15, 0.2) is 0 Å². The fourth-order valence-electron chi connectivity index (χ4n) is 3.79. The van der Waals surface area contributed by atoms with E-state index in [2.05, 4.69) is 17.3 Å². The number of amides is 1. The Labute approximate surface area is 127 Å². The molecule has 0 aromatic rings. The smallest absolute Gasteiger partial charge is 0.310 e. The maximum Gasteiger partial charge on any atom is 0.310 e. The Morgan fingerprint density at radius 2 is 1.81 bits per heavy atom. The Kier molecular flexibility index (Phi) is 5.62. The highest BCUT2D eigenvalue weighted by Crippen LogP contribution is 2.41. The molecule has 0 bridgehead atoms. The number of carboxylic acids is 1. The summed E-state index contributed by atoms with van der Waals surface area (Å²) in [7, 11) is 2.11. The first-order valence-corrected chi connectivity index (χ1v) is 8.24. The molecule has 2 aliphatic rings. The SMILES string of the molecule is CN(CCNC(=O)CC1(C(=O)O)CCCC1)C1CCCC1. The van der Waals surface area contributed by atoms with Gasteiger partial charge >= 0.3 is 5.97 Å². The van der Waals surface area contributed by atoms with E-state index in [9.17, 15) is 14.7 Å². The summed E-state index contributed by atoms with van der Waals surface area (Å²) in [6.45, 7) is 1.46. The quantitative estimate of drug-likeness (QED) is 0.754. The van der Waals surface area contributed by atoms with E-state index in [-0.39, 0.29) is 12.3 Å². The monoisotopic (exact) mass is 296 g/mol. The fraction of sp³-hybridized carbons (Fsp3) is 0.875. The van der Waals surface area contributed by atoms with Crippen molar-refractivity contribution in [3.8, 4) is 0 Å². The van der Waals surface area contributed by atoms with Crippen molar-refractivity contribution >= 4 is 11.9 Å². The predicted octanol–water partition coefficient (Wildman–Crippen LogP) is 2.01. The van der Waals surface area contributed by atoms with Crippen molar-refractivity contribution in [2.45, 2.75) is 63.8 Å². The van der Waals surface area contributed by atoms with Gasteiger partial charge in [0, 0.05) is 25.6 Å². The number of nitrogens with one attached hydrogen (secondary N) is 1. The molecule has 0 unspecified atom stereocenters. The molecule has 0 spiro atoms. The minimum Gasteiger partial charge on any atom is -0.481 e. The molecule has 5 nitrogen and oxygen atoms in total. The molecule has 2 rings (SSSR count). The van der Waals surface area contributed by atoms with E-state index < -0.39 is 11.4 Å². The third-order valence-corrected chi connectivity index (χ3v) is 5.25. The summed E-state index contributed by atoms with van der Waals surface area (Å²) in [5, 5.41) is 12.3. The zero-order chi connectivity index (χ0) is 15.3. The lowest BCUT2D eigenvalue weighted by Gasteiger charge is -2.25. The molecule has 5 heteroatoms. The third-order valence-electron chi connectivity index (χ3n) is 5.25. The minimum absolute atomic E-state index is 0.112. The van der Waals surface area contributed by atoms with Crippen molar-refractivity contribution in [2.24, 2.45) is 5.41 Å². The number of carbonyl (C=O) groups excluding carboxylic acids is 1. The zero-order valence-corrected chi connectivity index (χ0v) is 13.1. The van der Waals surface area contributed by atoms with Gasteiger partial charge in [0.1, 0.15) is 0 Å². The van der Waals surface area contributed by atoms with E-state index in [1.54, 1.807) is 0 Å². The average molecular weight is 296 g/mol. The van der Waals surface area contributed by atoms with Crippen LogP contribution in [0.25, 0.3) is 0 Å². The van der Waals surface area contributed by atoms with Gasteiger partial charge in [-0.15, -0.1) is 0 Å². The van der Waals surface area contributed by atoms with Gasteiger partial charge in [-0.2, -0.15) is 0 Å². The molecule has 1 amide bonds. The summed E-state index contributed by atoms with van der Waals surface area (Å²) in [5.74, 6) is -0.919. The zero-order valence-electron chi connectivity index (χ0n) is 13.1. The summed E-state index contributed by atoms with van der Waals surface area (Å²) in [6, 6.07) is 0.655. The number of nitrogens with zero attached hydrogens (tertiary/aromatic N) is 1. The van der Waals surface area contributed by atoms with Crippen LogP contribution < -0.4 is 5.32 Å². The van der Waals surface area contributed by atoms with Gasteiger partial charge in [0.25, 0.3) is 0 Å². The molecular weight excluding hydrogens is 268 g/mol. The first-order chi connectivity index (χ1) is 10.0. The predicted molar refractivity (Wildman–Crippen MR) is 81.0 cm³/mol. The van der Waals surface area contributed by atoms with Gasteiger partial charge in [0.05, 0.1) is 5.41 Å². The Morgan fingerprint density at radius 3 is 2.38 bits per heavy atom. The number of carboxylic acid groups (broad SMARTS) is 1. The largest absolute Gasteiger partial charge is 0.481 e. The standard InChI is InChI=1S/C16H28N2O3/c1-18(13-6-2-3-7-13)11-10-17-14(19)12-16(15(20)21)8-4-5-9-16/h13H,2-12H2,1H3,(H,17,19)(H,20,21). The molecule has 0 radical (unpaired) electrons. The molecule has 2 aliphatic carbocycles. The Morgan fingerprint density at radius 1 is 1.19 bits per heavy atom. The highest BCUT2D eigenvalue weighted by Gasteiger charge is 2.42. The third kappa shape index (κ3) is 4.19. The number of likely N-dealkylation sites (N-methyl/N-ethyl adjacent to an activating group) is 1. The second-order valence-corrected chi connectivity index (χ2v) is 6.74. The van der Waals surface area contributed by atoms with E-state index in [0.29, 0.717) is 25.4 Å². The van der Waals surface area contributed by atoms with Crippen molar-refractivity contribution < 1.29 is 14.7 Å². The van der Waals surface area contributed by atoms with Gasteiger partial charge in [0.15, 0.2) is 0 Å². The molecular formula is C16H28N2O3. The Hall–Kier alpha value is -1.10. The molecule has 0 atom stereocenters.